The fraction of sp³-hybridized carbons (Fsp3) is 0.588. The molecule has 0 radical (unpaired) electrons. The summed E-state index contributed by atoms with van der Waals surface area (Å²) < 4.78 is 5.47. The van der Waals surface area contributed by atoms with Crippen molar-refractivity contribution in [2.45, 2.75) is 57.6 Å². The number of hydrogen-bond acceptors (Lipinski definition) is 3. The zero-order valence-electron chi connectivity index (χ0n) is 12.5. The zero-order valence-corrected chi connectivity index (χ0v) is 12.5. The van der Waals surface area contributed by atoms with Gasteiger partial charge in [0.15, 0.2) is 6.61 Å². The van der Waals surface area contributed by atoms with Gasteiger partial charge in [0, 0.05) is 6.04 Å². The Balaban J connectivity index is 1.72. The van der Waals surface area contributed by atoms with Crippen molar-refractivity contribution in [1.29, 1.82) is 0 Å². The van der Waals surface area contributed by atoms with E-state index in [1.54, 1.807) is 24.3 Å². The molecule has 1 aromatic carbocycles. The summed E-state index contributed by atoms with van der Waals surface area (Å²) in [7, 11) is 0. The average molecular weight is 291 g/mol. The Morgan fingerprint density at radius 2 is 1.71 bits per heavy atom. The van der Waals surface area contributed by atoms with Crippen molar-refractivity contribution in [2.75, 3.05) is 6.61 Å². The van der Waals surface area contributed by atoms with Gasteiger partial charge in [-0.15, -0.1) is 0 Å². The molecule has 1 amide bonds. The van der Waals surface area contributed by atoms with E-state index in [9.17, 15) is 4.79 Å². The van der Waals surface area contributed by atoms with Gasteiger partial charge < -0.3 is 15.2 Å². The minimum Gasteiger partial charge on any atom is -0.484 e. The van der Waals surface area contributed by atoms with Gasteiger partial charge in [0.2, 0.25) is 0 Å². The average Bonchev–Trinajstić information content (AvgIpc) is 2.48. The minimum absolute atomic E-state index is 0.0163. The summed E-state index contributed by atoms with van der Waals surface area (Å²) in [6.07, 6.45) is 8.45. The second kappa shape index (κ2) is 8.67. The third-order valence-corrected chi connectivity index (χ3v) is 3.95. The molecule has 0 saturated heterocycles. The second-order valence-electron chi connectivity index (χ2n) is 5.70. The first kappa shape index (κ1) is 15.8. The number of carbonyl (C=O) groups excluding carboxylic acids is 1. The predicted octanol–water partition coefficient (Wildman–Crippen LogP) is 2.79. The number of rotatable bonds is 5. The number of hydrogen-bond donors (Lipinski definition) is 2. The lowest BCUT2D eigenvalue weighted by atomic mass is 9.97. The fourth-order valence-electron chi connectivity index (χ4n) is 2.71. The predicted molar refractivity (Wildman–Crippen MR) is 82.1 cm³/mol. The fourth-order valence-corrected chi connectivity index (χ4v) is 2.71. The van der Waals surface area contributed by atoms with Crippen LogP contribution in [-0.4, -0.2) is 23.7 Å². The summed E-state index contributed by atoms with van der Waals surface area (Å²) in [5.74, 6) is 0.604. The molecular weight excluding hydrogens is 266 g/mol. The molecule has 0 aromatic heterocycles. The molecule has 1 aromatic rings. The molecule has 0 spiro atoms. The van der Waals surface area contributed by atoms with Gasteiger partial charge in [-0.3, -0.25) is 4.79 Å². The molecule has 0 bridgehead atoms. The van der Waals surface area contributed by atoms with E-state index in [4.69, 9.17) is 9.84 Å². The molecule has 2 rings (SSSR count). The summed E-state index contributed by atoms with van der Waals surface area (Å²) in [4.78, 5) is 11.9. The van der Waals surface area contributed by atoms with E-state index < -0.39 is 0 Å². The van der Waals surface area contributed by atoms with Crippen LogP contribution in [0.3, 0.4) is 0 Å². The normalized spacial score (nSPS) is 16.8. The Bertz CT molecular complexity index is 422. The third kappa shape index (κ3) is 5.76. The standard InChI is InChI=1S/C17H25NO3/c19-12-14-8-10-16(11-9-14)21-13-17(20)18-15-6-4-2-1-3-5-7-15/h8-11,15,19H,1-7,12-13H2,(H,18,20). The molecule has 1 aliphatic carbocycles. The van der Waals surface area contributed by atoms with Crippen molar-refractivity contribution in [3.63, 3.8) is 0 Å². The molecule has 21 heavy (non-hydrogen) atoms. The largest absolute Gasteiger partial charge is 0.484 e. The van der Waals surface area contributed by atoms with Crippen molar-refractivity contribution < 1.29 is 14.6 Å². The van der Waals surface area contributed by atoms with Crippen molar-refractivity contribution >= 4 is 5.91 Å². The van der Waals surface area contributed by atoms with Crippen LogP contribution in [0.5, 0.6) is 5.75 Å². The van der Waals surface area contributed by atoms with E-state index >= 15 is 0 Å². The van der Waals surface area contributed by atoms with Crippen molar-refractivity contribution in [1.82, 2.24) is 5.32 Å². The van der Waals surface area contributed by atoms with Crippen molar-refractivity contribution in [2.24, 2.45) is 0 Å². The molecule has 0 unspecified atom stereocenters. The SMILES string of the molecule is O=C(COc1ccc(CO)cc1)NC1CCCCCCC1. The molecule has 116 valence electrons. The number of ether oxygens (including phenoxy) is 1. The Morgan fingerprint density at radius 1 is 1.10 bits per heavy atom. The number of carbonyl (C=O) groups is 1. The van der Waals surface area contributed by atoms with E-state index in [0.717, 1.165) is 18.4 Å². The summed E-state index contributed by atoms with van der Waals surface area (Å²) in [6, 6.07) is 7.44. The first-order valence-corrected chi connectivity index (χ1v) is 7.90. The van der Waals surface area contributed by atoms with E-state index in [2.05, 4.69) is 5.32 Å². The van der Waals surface area contributed by atoms with Gasteiger partial charge in [0.1, 0.15) is 5.75 Å². The van der Waals surface area contributed by atoms with Crippen LogP contribution in [0.1, 0.15) is 50.5 Å². The van der Waals surface area contributed by atoms with Gasteiger partial charge in [-0.2, -0.15) is 0 Å². The van der Waals surface area contributed by atoms with Crippen LogP contribution >= 0.6 is 0 Å². The highest BCUT2D eigenvalue weighted by atomic mass is 16.5. The molecule has 2 N–H and O–H groups in total. The Hall–Kier alpha value is -1.55. The lowest BCUT2D eigenvalue weighted by molar-refractivity contribution is -0.123. The molecule has 0 aliphatic heterocycles. The van der Waals surface area contributed by atoms with Crippen LogP contribution in [-0.2, 0) is 11.4 Å². The molecule has 1 fully saturated rings. The molecular formula is C17H25NO3. The topological polar surface area (TPSA) is 58.6 Å². The number of aliphatic hydroxyl groups is 1. The van der Waals surface area contributed by atoms with Gasteiger partial charge in [-0.1, -0.05) is 44.2 Å². The lowest BCUT2D eigenvalue weighted by Crippen LogP contribution is -2.38. The van der Waals surface area contributed by atoms with E-state index in [-0.39, 0.29) is 19.1 Å². The van der Waals surface area contributed by atoms with Crippen LogP contribution < -0.4 is 10.1 Å². The van der Waals surface area contributed by atoms with Crippen molar-refractivity contribution in [3.05, 3.63) is 29.8 Å². The monoisotopic (exact) mass is 291 g/mol. The molecule has 1 saturated carbocycles. The highest BCUT2D eigenvalue weighted by molar-refractivity contribution is 5.77. The smallest absolute Gasteiger partial charge is 0.258 e. The van der Waals surface area contributed by atoms with E-state index in [1.807, 2.05) is 0 Å². The van der Waals surface area contributed by atoms with Crippen molar-refractivity contribution in [3.8, 4) is 5.75 Å². The highest BCUT2D eigenvalue weighted by Gasteiger charge is 2.14. The first-order chi connectivity index (χ1) is 10.3. The number of benzene rings is 1. The minimum atomic E-state index is -0.0493. The van der Waals surface area contributed by atoms with Gasteiger partial charge in [-0.05, 0) is 30.5 Å². The lowest BCUT2D eigenvalue weighted by Gasteiger charge is -2.21. The van der Waals surface area contributed by atoms with Gasteiger partial charge >= 0.3 is 0 Å². The van der Waals surface area contributed by atoms with Crippen LogP contribution in [0, 0.1) is 0 Å². The summed E-state index contributed by atoms with van der Waals surface area (Å²) >= 11 is 0. The van der Waals surface area contributed by atoms with Crippen LogP contribution in [0.25, 0.3) is 0 Å². The van der Waals surface area contributed by atoms with E-state index in [1.165, 1.54) is 32.1 Å². The van der Waals surface area contributed by atoms with Crippen LogP contribution in [0.4, 0.5) is 0 Å². The second-order valence-corrected chi connectivity index (χ2v) is 5.70. The quantitative estimate of drug-likeness (QED) is 0.877. The van der Waals surface area contributed by atoms with Crippen LogP contribution in [0.15, 0.2) is 24.3 Å². The maximum atomic E-state index is 11.9. The molecule has 0 heterocycles. The highest BCUT2D eigenvalue weighted by Crippen LogP contribution is 2.17. The molecule has 0 atom stereocenters. The maximum Gasteiger partial charge on any atom is 0.258 e. The molecule has 4 heteroatoms. The number of aliphatic hydroxyl groups excluding tert-OH is 1. The number of nitrogens with one attached hydrogen (secondary N) is 1. The Kier molecular flexibility index (Phi) is 6.54. The van der Waals surface area contributed by atoms with Gasteiger partial charge in [0.25, 0.3) is 5.91 Å². The van der Waals surface area contributed by atoms with Gasteiger partial charge in [-0.25, -0.2) is 0 Å². The Labute approximate surface area is 126 Å². The summed E-state index contributed by atoms with van der Waals surface area (Å²) in [5.41, 5.74) is 0.835. The van der Waals surface area contributed by atoms with Gasteiger partial charge in [0.05, 0.1) is 6.61 Å². The molecule has 4 nitrogen and oxygen atoms in total. The molecule has 1 aliphatic rings. The Morgan fingerprint density at radius 3 is 2.33 bits per heavy atom. The summed E-state index contributed by atoms with van der Waals surface area (Å²) in [6.45, 7) is 0.0669. The summed E-state index contributed by atoms with van der Waals surface area (Å²) in [5, 5.41) is 12.0. The first-order valence-electron chi connectivity index (χ1n) is 7.90. The zero-order chi connectivity index (χ0) is 14.9. The number of amides is 1. The van der Waals surface area contributed by atoms with E-state index in [0.29, 0.717) is 11.8 Å². The van der Waals surface area contributed by atoms with Crippen LogP contribution in [0.2, 0.25) is 0 Å². The third-order valence-electron chi connectivity index (χ3n) is 3.95. The maximum absolute atomic E-state index is 11.9.